The lowest BCUT2D eigenvalue weighted by Gasteiger charge is -2.12. The number of benzene rings is 2. The van der Waals surface area contributed by atoms with Crippen molar-refractivity contribution in [1.29, 1.82) is 0 Å². The van der Waals surface area contributed by atoms with Crippen LogP contribution in [0.3, 0.4) is 0 Å². The maximum atomic E-state index is 12.2. The zero-order chi connectivity index (χ0) is 22.6. The molecule has 1 amide bonds. The van der Waals surface area contributed by atoms with Gasteiger partial charge < -0.3 is 14.2 Å². The van der Waals surface area contributed by atoms with Gasteiger partial charge in [0.15, 0.2) is 6.61 Å². The number of hydrogen-bond acceptors (Lipinski definition) is 5. The number of aryl methyl sites for hydroxylation is 1. The third-order valence-corrected chi connectivity index (χ3v) is 4.55. The summed E-state index contributed by atoms with van der Waals surface area (Å²) >= 11 is 0. The van der Waals surface area contributed by atoms with E-state index in [9.17, 15) is 4.79 Å². The van der Waals surface area contributed by atoms with E-state index in [4.69, 9.17) is 14.2 Å². The van der Waals surface area contributed by atoms with Gasteiger partial charge in [-0.3, -0.25) is 4.79 Å². The summed E-state index contributed by atoms with van der Waals surface area (Å²) in [6.45, 7) is 11.4. The Balaban J connectivity index is 1.96. The average molecular weight is 427 g/mol. The molecule has 0 aliphatic carbocycles. The standard InChI is InChI=1S/C25H34N2O4/c1-6-12-29-22-11-10-21(24(15-22)30-13-7-2)16-26-27-25(28)17-31-23-14-20(18(3)4)9-8-19(23)5/h8-11,14-16,18H,6-7,12-13,17H2,1-5H3,(H,27,28)/b26-16+. The highest BCUT2D eigenvalue weighted by atomic mass is 16.5. The summed E-state index contributed by atoms with van der Waals surface area (Å²) in [7, 11) is 0. The fraction of sp³-hybridized carbons (Fsp3) is 0.440. The zero-order valence-electron chi connectivity index (χ0n) is 19.2. The first-order valence-corrected chi connectivity index (χ1v) is 10.9. The van der Waals surface area contributed by atoms with E-state index in [1.807, 2.05) is 44.2 Å². The van der Waals surface area contributed by atoms with E-state index >= 15 is 0 Å². The second-order valence-electron chi connectivity index (χ2n) is 7.66. The lowest BCUT2D eigenvalue weighted by molar-refractivity contribution is -0.123. The molecule has 0 aliphatic heterocycles. The quantitative estimate of drug-likeness (QED) is 0.373. The normalized spacial score (nSPS) is 11.0. The highest BCUT2D eigenvalue weighted by Gasteiger charge is 2.08. The minimum Gasteiger partial charge on any atom is -0.493 e. The number of hydrogen-bond donors (Lipinski definition) is 1. The van der Waals surface area contributed by atoms with Crippen molar-refractivity contribution in [2.24, 2.45) is 5.10 Å². The van der Waals surface area contributed by atoms with Crippen molar-refractivity contribution in [3.8, 4) is 17.2 Å². The fourth-order valence-electron chi connectivity index (χ4n) is 2.75. The molecule has 0 unspecified atom stereocenters. The Labute approximate surface area is 185 Å². The molecule has 0 atom stereocenters. The molecule has 0 fully saturated rings. The topological polar surface area (TPSA) is 69.2 Å². The smallest absolute Gasteiger partial charge is 0.277 e. The molecule has 6 heteroatoms. The van der Waals surface area contributed by atoms with Gasteiger partial charge in [0.1, 0.15) is 17.2 Å². The van der Waals surface area contributed by atoms with Crippen LogP contribution in [0.4, 0.5) is 0 Å². The maximum Gasteiger partial charge on any atom is 0.277 e. The van der Waals surface area contributed by atoms with Crippen LogP contribution < -0.4 is 19.6 Å². The van der Waals surface area contributed by atoms with Crippen molar-refractivity contribution in [1.82, 2.24) is 5.43 Å². The molecular formula is C25H34N2O4. The molecular weight excluding hydrogens is 392 g/mol. The van der Waals surface area contributed by atoms with Gasteiger partial charge in [-0.1, -0.05) is 39.8 Å². The lowest BCUT2D eigenvalue weighted by Crippen LogP contribution is -2.24. The van der Waals surface area contributed by atoms with Crippen molar-refractivity contribution in [2.45, 2.75) is 53.4 Å². The Kier molecular flexibility index (Phi) is 9.88. The van der Waals surface area contributed by atoms with Gasteiger partial charge in [-0.15, -0.1) is 0 Å². The van der Waals surface area contributed by atoms with Crippen LogP contribution in [0, 0.1) is 6.92 Å². The summed E-state index contributed by atoms with van der Waals surface area (Å²) < 4.78 is 17.2. The molecule has 0 aliphatic rings. The highest BCUT2D eigenvalue weighted by Crippen LogP contribution is 2.25. The van der Waals surface area contributed by atoms with E-state index in [1.165, 1.54) is 5.56 Å². The number of amides is 1. The molecule has 168 valence electrons. The van der Waals surface area contributed by atoms with Gasteiger partial charge >= 0.3 is 0 Å². The first-order chi connectivity index (χ1) is 14.9. The molecule has 2 aromatic rings. The van der Waals surface area contributed by atoms with E-state index in [0.29, 0.717) is 30.6 Å². The van der Waals surface area contributed by atoms with Crippen molar-refractivity contribution < 1.29 is 19.0 Å². The van der Waals surface area contributed by atoms with Gasteiger partial charge in [0, 0.05) is 11.6 Å². The Morgan fingerprint density at radius 1 is 1.00 bits per heavy atom. The Morgan fingerprint density at radius 3 is 2.45 bits per heavy atom. The fourth-order valence-corrected chi connectivity index (χ4v) is 2.75. The van der Waals surface area contributed by atoms with Gasteiger partial charge in [-0.05, 0) is 55.0 Å². The first-order valence-electron chi connectivity index (χ1n) is 10.9. The number of hydrazone groups is 1. The summed E-state index contributed by atoms with van der Waals surface area (Å²) in [6.07, 6.45) is 3.39. The van der Waals surface area contributed by atoms with Crippen molar-refractivity contribution in [3.05, 3.63) is 53.1 Å². The molecule has 0 spiro atoms. The van der Waals surface area contributed by atoms with Gasteiger partial charge in [-0.25, -0.2) is 5.43 Å². The molecule has 1 N–H and O–H groups in total. The summed E-state index contributed by atoms with van der Waals surface area (Å²) in [5.74, 6) is 2.20. The monoisotopic (exact) mass is 426 g/mol. The SMILES string of the molecule is CCCOc1ccc(/C=N/NC(=O)COc2cc(C(C)C)ccc2C)c(OCCC)c1. The molecule has 0 heterocycles. The summed E-state index contributed by atoms with van der Waals surface area (Å²) in [5, 5.41) is 4.06. The Hall–Kier alpha value is -3.02. The maximum absolute atomic E-state index is 12.2. The summed E-state index contributed by atoms with van der Waals surface area (Å²) in [5.41, 5.74) is 5.43. The predicted octanol–water partition coefficient (Wildman–Crippen LogP) is 5.23. The highest BCUT2D eigenvalue weighted by molar-refractivity contribution is 5.85. The van der Waals surface area contributed by atoms with E-state index in [-0.39, 0.29) is 12.5 Å². The van der Waals surface area contributed by atoms with E-state index in [1.54, 1.807) is 6.21 Å². The molecule has 0 radical (unpaired) electrons. The number of carbonyl (C=O) groups excluding carboxylic acids is 1. The van der Waals surface area contributed by atoms with Crippen LogP contribution in [0.1, 0.15) is 63.1 Å². The first kappa shape index (κ1) is 24.3. The number of ether oxygens (including phenoxy) is 3. The minimum absolute atomic E-state index is 0.108. The number of rotatable bonds is 12. The molecule has 31 heavy (non-hydrogen) atoms. The minimum atomic E-state index is -0.329. The van der Waals surface area contributed by atoms with Gasteiger partial charge in [0.2, 0.25) is 0 Å². The molecule has 2 rings (SSSR count). The van der Waals surface area contributed by atoms with Crippen LogP contribution in [0.15, 0.2) is 41.5 Å². The van der Waals surface area contributed by atoms with Crippen molar-refractivity contribution in [3.63, 3.8) is 0 Å². The second kappa shape index (κ2) is 12.6. The molecule has 0 saturated heterocycles. The van der Waals surface area contributed by atoms with Crippen LogP contribution in [-0.2, 0) is 4.79 Å². The van der Waals surface area contributed by atoms with Gasteiger partial charge in [0.05, 0.1) is 19.4 Å². The van der Waals surface area contributed by atoms with Gasteiger partial charge in [-0.2, -0.15) is 5.10 Å². The van der Waals surface area contributed by atoms with E-state index in [2.05, 4.69) is 37.4 Å². The number of nitrogens with one attached hydrogen (secondary N) is 1. The third-order valence-electron chi connectivity index (χ3n) is 4.55. The zero-order valence-corrected chi connectivity index (χ0v) is 19.2. The third kappa shape index (κ3) is 7.96. The van der Waals surface area contributed by atoms with Crippen LogP contribution in [0.2, 0.25) is 0 Å². The van der Waals surface area contributed by atoms with Crippen LogP contribution in [-0.4, -0.2) is 31.9 Å². The largest absolute Gasteiger partial charge is 0.493 e. The summed E-state index contributed by atoms with van der Waals surface area (Å²) in [4.78, 5) is 12.2. The Bertz CT molecular complexity index is 878. The molecule has 0 aromatic heterocycles. The second-order valence-corrected chi connectivity index (χ2v) is 7.66. The van der Waals surface area contributed by atoms with E-state index < -0.39 is 0 Å². The van der Waals surface area contributed by atoms with Crippen LogP contribution >= 0.6 is 0 Å². The van der Waals surface area contributed by atoms with E-state index in [0.717, 1.165) is 29.7 Å². The predicted molar refractivity (Wildman–Crippen MR) is 125 cm³/mol. The number of nitrogens with zero attached hydrogens (tertiary/aromatic N) is 1. The summed E-state index contributed by atoms with van der Waals surface area (Å²) in [6, 6.07) is 11.6. The molecule has 6 nitrogen and oxygen atoms in total. The van der Waals surface area contributed by atoms with Crippen molar-refractivity contribution in [2.75, 3.05) is 19.8 Å². The Morgan fingerprint density at radius 2 is 1.74 bits per heavy atom. The van der Waals surface area contributed by atoms with Gasteiger partial charge in [0.25, 0.3) is 5.91 Å². The lowest BCUT2D eigenvalue weighted by atomic mass is 10.0. The molecule has 2 aromatic carbocycles. The van der Waals surface area contributed by atoms with Crippen LogP contribution in [0.5, 0.6) is 17.2 Å². The van der Waals surface area contributed by atoms with Crippen molar-refractivity contribution >= 4 is 12.1 Å². The van der Waals surface area contributed by atoms with Crippen LogP contribution in [0.25, 0.3) is 0 Å². The average Bonchev–Trinajstić information content (AvgIpc) is 2.76. The number of carbonyl (C=O) groups is 1. The molecule has 0 bridgehead atoms. The molecule has 0 saturated carbocycles.